The number of methoxy groups -OCH3 is 1. The number of benzene rings is 3. The fourth-order valence-electron chi connectivity index (χ4n) is 2.95. The quantitative estimate of drug-likeness (QED) is 0.483. The molecule has 0 aliphatic carbocycles. The summed E-state index contributed by atoms with van der Waals surface area (Å²) < 4.78 is 36.7. The van der Waals surface area contributed by atoms with Gasteiger partial charge in [0.05, 0.1) is 13.7 Å². The third-order valence-corrected chi connectivity index (χ3v) is 6.33. The molecule has 1 unspecified atom stereocenters. The van der Waals surface area contributed by atoms with Crippen LogP contribution in [0.1, 0.15) is 17.0 Å². The average Bonchev–Trinajstić information content (AvgIpc) is 2.73. The Kier molecular flexibility index (Phi) is 6.95. The summed E-state index contributed by atoms with van der Waals surface area (Å²) in [5.41, 5.74) is 1.63. The SMILES string of the molecule is COc1ccc(C(CO)Cc2ccccc2OS(=O)(=O)c2ccc(Br)cc2)cc1. The standard InChI is InChI=1S/C22H21BrO5S/c1-27-20-10-6-16(7-11-20)18(15-24)14-17-4-2-3-5-22(17)28-29(25,26)21-12-8-19(23)9-13-21/h2-13,18,24H,14-15H2,1H3. The number of rotatable bonds is 8. The fraction of sp³-hybridized carbons (Fsp3) is 0.182. The normalized spacial score (nSPS) is 12.4. The minimum Gasteiger partial charge on any atom is -0.497 e. The van der Waals surface area contributed by atoms with Crippen molar-refractivity contribution in [3.8, 4) is 11.5 Å². The van der Waals surface area contributed by atoms with Crippen molar-refractivity contribution in [1.29, 1.82) is 0 Å². The lowest BCUT2D eigenvalue weighted by molar-refractivity contribution is 0.264. The van der Waals surface area contributed by atoms with Gasteiger partial charge in [-0.3, -0.25) is 0 Å². The van der Waals surface area contributed by atoms with E-state index in [1.807, 2.05) is 30.3 Å². The Morgan fingerprint density at radius 3 is 2.24 bits per heavy atom. The molecule has 0 aliphatic heterocycles. The van der Waals surface area contributed by atoms with Crippen LogP contribution in [0.2, 0.25) is 0 Å². The molecule has 0 saturated carbocycles. The van der Waals surface area contributed by atoms with Crippen molar-refractivity contribution >= 4 is 26.0 Å². The molecule has 152 valence electrons. The van der Waals surface area contributed by atoms with Gasteiger partial charge in [0.1, 0.15) is 16.4 Å². The molecule has 3 aromatic carbocycles. The van der Waals surface area contributed by atoms with Gasteiger partial charge in [0.2, 0.25) is 0 Å². The van der Waals surface area contributed by atoms with Crippen LogP contribution in [0, 0.1) is 0 Å². The highest BCUT2D eigenvalue weighted by Crippen LogP contribution is 2.29. The van der Waals surface area contributed by atoms with Gasteiger partial charge in [-0.15, -0.1) is 0 Å². The largest absolute Gasteiger partial charge is 0.497 e. The van der Waals surface area contributed by atoms with Gasteiger partial charge in [-0.25, -0.2) is 0 Å². The second-order valence-electron chi connectivity index (χ2n) is 6.46. The van der Waals surface area contributed by atoms with Crippen molar-refractivity contribution in [2.24, 2.45) is 0 Å². The van der Waals surface area contributed by atoms with E-state index in [2.05, 4.69) is 15.9 Å². The zero-order valence-corrected chi connectivity index (χ0v) is 18.2. The lowest BCUT2D eigenvalue weighted by Crippen LogP contribution is -2.13. The summed E-state index contributed by atoms with van der Waals surface area (Å²) in [7, 11) is -2.37. The maximum Gasteiger partial charge on any atom is 0.339 e. The summed E-state index contributed by atoms with van der Waals surface area (Å²) in [5.74, 6) is 0.776. The third-order valence-electron chi connectivity index (χ3n) is 4.55. The molecule has 0 radical (unpaired) electrons. The van der Waals surface area contributed by atoms with Gasteiger partial charge in [0.25, 0.3) is 0 Å². The van der Waals surface area contributed by atoms with Crippen LogP contribution < -0.4 is 8.92 Å². The summed E-state index contributed by atoms with van der Waals surface area (Å²) in [4.78, 5) is 0.0735. The summed E-state index contributed by atoms with van der Waals surface area (Å²) in [5, 5.41) is 9.90. The molecule has 1 atom stereocenters. The van der Waals surface area contributed by atoms with Crippen LogP contribution >= 0.6 is 15.9 Å². The van der Waals surface area contributed by atoms with E-state index < -0.39 is 10.1 Å². The van der Waals surface area contributed by atoms with Crippen molar-refractivity contribution < 1.29 is 22.4 Å². The van der Waals surface area contributed by atoms with E-state index in [-0.39, 0.29) is 23.2 Å². The van der Waals surface area contributed by atoms with Crippen molar-refractivity contribution in [2.75, 3.05) is 13.7 Å². The summed E-state index contributed by atoms with van der Waals surface area (Å²) in [6.07, 6.45) is 0.425. The van der Waals surface area contributed by atoms with Crippen molar-refractivity contribution in [1.82, 2.24) is 0 Å². The van der Waals surface area contributed by atoms with E-state index in [0.717, 1.165) is 15.8 Å². The number of aliphatic hydroxyl groups is 1. The number of hydrogen-bond acceptors (Lipinski definition) is 5. The van der Waals surface area contributed by atoms with Gasteiger partial charge in [0, 0.05) is 10.4 Å². The second kappa shape index (κ2) is 9.43. The van der Waals surface area contributed by atoms with Crippen LogP contribution in [0.3, 0.4) is 0 Å². The minimum absolute atomic E-state index is 0.0735. The summed E-state index contributed by atoms with van der Waals surface area (Å²) in [6, 6.07) is 20.7. The molecule has 0 aliphatic rings. The molecule has 1 N–H and O–H groups in total. The minimum atomic E-state index is -3.97. The first-order valence-electron chi connectivity index (χ1n) is 8.95. The monoisotopic (exact) mass is 476 g/mol. The van der Waals surface area contributed by atoms with Crippen LogP contribution in [-0.2, 0) is 16.5 Å². The van der Waals surface area contributed by atoms with Gasteiger partial charge in [-0.1, -0.05) is 46.3 Å². The van der Waals surface area contributed by atoms with Crippen LogP contribution in [0.5, 0.6) is 11.5 Å². The Bertz CT molecular complexity index is 1050. The first-order chi connectivity index (χ1) is 13.9. The van der Waals surface area contributed by atoms with E-state index in [0.29, 0.717) is 12.0 Å². The van der Waals surface area contributed by atoms with Crippen LogP contribution in [-0.4, -0.2) is 27.2 Å². The van der Waals surface area contributed by atoms with Crippen molar-refractivity contribution in [3.63, 3.8) is 0 Å². The molecule has 29 heavy (non-hydrogen) atoms. The Hall–Kier alpha value is -2.35. The highest BCUT2D eigenvalue weighted by molar-refractivity contribution is 9.10. The zero-order valence-electron chi connectivity index (χ0n) is 15.8. The van der Waals surface area contributed by atoms with Crippen molar-refractivity contribution in [3.05, 3.63) is 88.4 Å². The summed E-state index contributed by atoms with van der Waals surface area (Å²) >= 11 is 3.29. The highest BCUT2D eigenvalue weighted by atomic mass is 79.9. The molecule has 0 bridgehead atoms. The molecular weight excluding hydrogens is 456 g/mol. The number of para-hydroxylation sites is 1. The first kappa shape index (κ1) is 21.4. The molecule has 0 aromatic heterocycles. The molecule has 0 spiro atoms. The predicted octanol–water partition coefficient (Wildman–Crippen LogP) is 4.54. The summed E-state index contributed by atoms with van der Waals surface area (Å²) in [6.45, 7) is -0.0832. The van der Waals surface area contributed by atoms with Gasteiger partial charge < -0.3 is 14.0 Å². The number of halogens is 1. The highest BCUT2D eigenvalue weighted by Gasteiger charge is 2.20. The molecule has 7 heteroatoms. The van der Waals surface area contributed by atoms with Gasteiger partial charge in [-0.05, 0) is 60.0 Å². The lowest BCUT2D eigenvalue weighted by Gasteiger charge is -2.18. The second-order valence-corrected chi connectivity index (χ2v) is 8.92. The van der Waals surface area contributed by atoms with E-state index in [1.54, 1.807) is 37.4 Å². The van der Waals surface area contributed by atoms with Gasteiger partial charge in [0.15, 0.2) is 0 Å². The number of aliphatic hydroxyl groups excluding tert-OH is 1. The first-order valence-corrected chi connectivity index (χ1v) is 11.2. The molecular formula is C22H21BrO5S. The average molecular weight is 477 g/mol. The topological polar surface area (TPSA) is 72.8 Å². The Morgan fingerprint density at radius 1 is 0.966 bits per heavy atom. The molecule has 0 fully saturated rings. The predicted molar refractivity (Wildman–Crippen MR) is 115 cm³/mol. The van der Waals surface area contributed by atoms with Crippen LogP contribution in [0.25, 0.3) is 0 Å². The van der Waals surface area contributed by atoms with Gasteiger partial charge in [-0.2, -0.15) is 8.42 Å². The van der Waals surface area contributed by atoms with Crippen LogP contribution in [0.4, 0.5) is 0 Å². The Labute approximate surface area is 179 Å². The molecule has 0 saturated heterocycles. The van der Waals surface area contributed by atoms with E-state index in [1.165, 1.54) is 12.1 Å². The van der Waals surface area contributed by atoms with E-state index >= 15 is 0 Å². The molecule has 0 amide bonds. The maximum atomic E-state index is 12.7. The third kappa shape index (κ3) is 5.38. The molecule has 0 heterocycles. The Morgan fingerprint density at radius 2 is 1.62 bits per heavy atom. The van der Waals surface area contributed by atoms with E-state index in [9.17, 15) is 13.5 Å². The zero-order chi connectivity index (χ0) is 20.9. The molecule has 3 aromatic rings. The number of ether oxygens (including phenoxy) is 1. The Balaban J connectivity index is 1.84. The van der Waals surface area contributed by atoms with E-state index in [4.69, 9.17) is 8.92 Å². The fourth-order valence-corrected chi connectivity index (χ4v) is 4.18. The molecule has 3 rings (SSSR count). The molecule has 5 nitrogen and oxygen atoms in total. The number of hydrogen-bond donors (Lipinski definition) is 1. The lowest BCUT2D eigenvalue weighted by atomic mass is 9.92. The van der Waals surface area contributed by atoms with Crippen LogP contribution in [0.15, 0.2) is 82.2 Å². The van der Waals surface area contributed by atoms with Crippen molar-refractivity contribution in [2.45, 2.75) is 17.2 Å². The maximum absolute atomic E-state index is 12.7. The smallest absolute Gasteiger partial charge is 0.339 e. The van der Waals surface area contributed by atoms with Gasteiger partial charge >= 0.3 is 10.1 Å².